The highest BCUT2D eigenvalue weighted by Gasteiger charge is 2.33. The largest absolute Gasteiger partial charge is 0.332 e. The smallest absolute Gasteiger partial charge is 0.215 e. The molecule has 32 heavy (non-hydrogen) atoms. The van der Waals surface area contributed by atoms with Gasteiger partial charge in [0.15, 0.2) is 0 Å². The van der Waals surface area contributed by atoms with E-state index >= 15 is 0 Å². The van der Waals surface area contributed by atoms with Gasteiger partial charge in [0.1, 0.15) is 5.65 Å². The second kappa shape index (κ2) is 8.34. The van der Waals surface area contributed by atoms with Crippen LogP contribution in [0.4, 0.5) is 0 Å². The molecule has 0 unspecified atom stereocenters. The van der Waals surface area contributed by atoms with Crippen molar-refractivity contribution in [3.05, 3.63) is 53.7 Å². The van der Waals surface area contributed by atoms with E-state index in [-0.39, 0.29) is 16.7 Å². The van der Waals surface area contributed by atoms with Gasteiger partial charge in [-0.2, -0.15) is 5.26 Å². The molecule has 0 spiro atoms. The van der Waals surface area contributed by atoms with Crippen molar-refractivity contribution < 1.29 is 8.42 Å². The van der Waals surface area contributed by atoms with Crippen LogP contribution in [0, 0.1) is 16.7 Å². The van der Waals surface area contributed by atoms with E-state index in [2.05, 4.69) is 36.1 Å². The van der Waals surface area contributed by atoms with Crippen molar-refractivity contribution in [2.24, 2.45) is 5.41 Å². The van der Waals surface area contributed by atoms with E-state index in [1.165, 1.54) is 0 Å². The van der Waals surface area contributed by atoms with E-state index in [9.17, 15) is 13.7 Å². The zero-order chi connectivity index (χ0) is 23.1. The fourth-order valence-electron chi connectivity index (χ4n) is 4.21. The van der Waals surface area contributed by atoms with Gasteiger partial charge in [-0.3, -0.25) is 0 Å². The zero-order valence-electron chi connectivity index (χ0n) is 19.1. The van der Waals surface area contributed by atoms with Crippen molar-refractivity contribution in [1.29, 1.82) is 5.26 Å². The average molecular weight is 451 g/mol. The lowest BCUT2D eigenvalue weighted by Crippen LogP contribution is -2.39. The standard InChI is InChI=1S/C25H30N4O2S/c1-17(28-32(30,31)19-9-7-10-19)22-15-29(16-25(2,3)4)24-21(22)12-13-23(27-24)20-11-6-5-8-18(20)14-26/h5-6,8,11-13,15,17,19,28H,7,9-10,16H2,1-4H3/t17-/m1/s1. The van der Waals surface area contributed by atoms with E-state index in [4.69, 9.17) is 4.98 Å². The van der Waals surface area contributed by atoms with Crippen LogP contribution in [0.1, 0.15) is 64.1 Å². The Kier molecular flexibility index (Phi) is 5.87. The van der Waals surface area contributed by atoms with Crippen LogP contribution in [0.2, 0.25) is 0 Å². The molecule has 1 fully saturated rings. The Bertz CT molecular complexity index is 1290. The first-order chi connectivity index (χ1) is 15.1. The van der Waals surface area contributed by atoms with Gasteiger partial charge in [0, 0.05) is 29.7 Å². The minimum absolute atomic E-state index is 0.0140. The van der Waals surface area contributed by atoms with E-state index in [0.29, 0.717) is 5.56 Å². The lowest BCUT2D eigenvalue weighted by molar-refractivity contribution is 0.348. The Hall–Kier alpha value is -2.69. The van der Waals surface area contributed by atoms with Gasteiger partial charge in [0.2, 0.25) is 10.0 Å². The minimum atomic E-state index is -3.34. The van der Waals surface area contributed by atoms with Crippen LogP contribution in [-0.4, -0.2) is 23.2 Å². The number of nitrogens with zero attached hydrogens (tertiary/aromatic N) is 3. The molecule has 2 heterocycles. The maximum absolute atomic E-state index is 12.7. The summed E-state index contributed by atoms with van der Waals surface area (Å²) in [5.41, 5.74) is 3.84. The number of pyridine rings is 1. The van der Waals surface area contributed by atoms with Crippen molar-refractivity contribution in [2.75, 3.05) is 0 Å². The van der Waals surface area contributed by atoms with Gasteiger partial charge in [-0.05, 0) is 48.9 Å². The van der Waals surface area contributed by atoms with Crippen molar-refractivity contribution in [2.45, 2.75) is 64.8 Å². The third-order valence-corrected chi connectivity index (χ3v) is 8.05. The molecule has 1 saturated carbocycles. The molecule has 2 aromatic heterocycles. The Labute approximate surface area is 190 Å². The summed E-state index contributed by atoms with van der Waals surface area (Å²) in [7, 11) is -3.34. The van der Waals surface area contributed by atoms with E-state index in [1.54, 1.807) is 6.07 Å². The highest BCUT2D eigenvalue weighted by Crippen LogP contribution is 2.33. The van der Waals surface area contributed by atoms with Gasteiger partial charge in [-0.15, -0.1) is 0 Å². The molecule has 0 bridgehead atoms. The first-order valence-corrected chi connectivity index (χ1v) is 12.6. The molecule has 7 heteroatoms. The number of benzene rings is 1. The van der Waals surface area contributed by atoms with Gasteiger partial charge < -0.3 is 4.57 Å². The van der Waals surface area contributed by atoms with Gasteiger partial charge in [0.05, 0.1) is 22.6 Å². The van der Waals surface area contributed by atoms with Gasteiger partial charge in [-0.1, -0.05) is 45.4 Å². The molecule has 0 aliphatic heterocycles. The highest BCUT2D eigenvalue weighted by atomic mass is 32.2. The van der Waals surface area contributed by atoms with Crippen LogP contribution >= 0.6 is 0 Å². The van der Waals surface area contributed by atoms with Gasteiger partial charge >= 0.3 is 0 Å². The Morgan fingerprint density at radius 3 is 2.56 bits per heavy atom. The summed E-state index contributed by atoms with van der Waals surface area (Å²) in [5.74, 6) is 0. The summed E-state index contributed by atoms with van der Waals surface area (Å²) in [5, 5.41) is 10.2. The molecule has 4 rings (SSSR count). The summed E-state index contributed by atoms with van der Waals surface area (Å²) in [4.78, 5) is 4.93. The molecule has 1 aliphatic carbocycles. The summed E-state index contributed by atoms with van der Waals surface area (Å²) in [6, 6.07) is 13.2. The second-order valence-electron chi connectivity index (χ2n) is 9.94. The Morgan fingerprint density at radius 1 is 1.22 bits per heavy atom. The lowest BCUT2D eigenvalue weighted by atomic mass is 9.97. The maximum Gasteiger partial charge on any atom is 0.215 e. The third kappa shape index (κ3) is 4.43. The number of hydrogen-bond acceptors (Lipinski definition) is 4. The Balaban J connectivity index is 1.80. The molecule has 168 valence electrons. The average Bonchev–Trinajstić information content (AvgIpc) is 3.02. The molecule has 1 aliphatic rings. The molecule has 3 aromatic rings. The third-order valence-electron chi connectivity index (χ3n) is 6.02. The lowest BCUT2D eigenvalue weighted by Gasteiger charge is -2.27. The molecule has 1 N–H and O–H groups in total. The van der Waals surface area contributed by atoms with Crippen LogP contribution in [0.5, 0.6) is 0 Å². The zero-order valence-corrected chi connectivity index (χ0v) is 19.9. The molecule has 6 nitrogen and oxygen atoms in total. The quantitative estimate of drug-likeness (QED) is 0.562. The first-order valence-electron chi connectivity index (χ1n) is 11.1. The summed E-state index contributed by atoms with van der Waals surface area (Å²) >= 11 is 0. The predicted molar refractivity (Wildman–Crippen MR) is 127 cm³/mol. The number of aromatic nitrogens is 2. The summed E-state index contributed by atoms with van der Waals surface area (Å²) < 4.78 is 30.4. The molecular formula is C25H30N4O2S. The van der Waals surface area contributed by atoms with Crippen LogP contribution < -0.4 is 4.72 Å². The van der Waals surface area contributed by atoms with Gasteiger partial charge in [-0.25, -0.2) is 18.1 Å². The number of nitrogens with one attached hydrogen (secondary N) is 1. The van der Waals surface area contributed by atoms with Gasteiger partial charge in [0.25, 0.3) is 0 Å². The molecule has 1 aromatic carbocycles. The van der Waals surface area contributed by atoms with E-state index in [0.717, 1.165) is 53.7 Å². The summed E-state index contributed by atoms with van der Waals surface area (Å²) in [6.07, 6.45) is 4.46. The second-order valence-corrected chi connectivity index (χ2v) is 11.9. The highest BCUT2D eigenvalue weighted by molar-refractivity contribution is 7.90. The SMILES string of the molecule is C[C@@H](NS(=O)(=O)C1CCC1)c1cn(CC(C)(C)C)c2nc(-c3ccccc3C#N)ccc12. The van der Waals surface area contributed by atoms with Crippen LogP contribution in [0.25, 0.3) is 22.3 Å². The molecule has 0 radical (unpaired) electrons. The van der Waals surface area contributed by atoms with E-state index < -0.39 is 10.0 Å². The van der Waals surface area contributed by atoms with Crippen molar-refractivity contribution >= 4 is 21.1 Å². The fourth-order valence-corrected chi connectivity index (χ4v) is 5.98. The molecular weight excluding hydrogens is 420 g/mol. The monoisotopic (exact) mass is 450 g/mol. The summed E-state index contributed by atoms with van der Waals surface area (Å²) in [6.45, 7) is 9.12. The van der Waals surface area contributed by atoms with Crippen LogP contribution in [0.3, 0.4) is 0 Å². The number of fused-ring (bicyclic) bond motifs is 1. The topological polar surface area (TPSA) is 87.8 Å². The molecule has 0 amide bonds. The Morgan fingerprint density at radius 2 is 1.94 bits per heavy atom. The van der Waals surface area contributed by atoms with Crippen molar-refractivity contribution in [3.8, 4) is 17.3 Å². The predicted octanol–water partition coefficient (Wildman–Crippen LogP) is 5.15. The molecule has 0 saturated heterocycles. The van der Waals surface area contributed by atoms with Crippen LogP contribution in [-0.2, 0) is 16.6 Å². The number of sulfonamides is 1. The number of hydrogen-bond donors (Lipinski definition) is 1. The number of nitriles is 1. The molecule has 1 atom stereocenters. The normalized spacial score (nSPS) is 16.0. The van der Waals surface area contributed by atoms with Crippen molar-refractivity contribution in [1.82, 2.24) is 14.3 Å². The van der Waals surface area contributed by atoms with E-state index in [1.807, 2.05) is 43.5 Å². The minimum Gasteiger partial charge on any atom is -0.332 e. The van der Waals surface area contributed by atoms with Crippen molar-refractivity contribution in [3.63, 3.8) is 0 Å². The fraction of sp³-hybridized carbons (Fsp3) is 0.440. The maximum atomic E-state index is 12.7. The first kappa shape index (κ1) is 22.5. The number of rotatable bonds is 6. The van der Waals surface area contributed by atoms with Crippen LogP contribution in [0.15, 0.2) is 42.6 Å².